The van der Waals surface area contributed by atoms with Gasteiger partial charge in [0.25, 0.3) is 0 Å². The molecule has 1 N–H and O–H groups in total. The Morgan fingerprint density at radius 3 is 2.58 bits per heavy atom. The number of benzene rings is 1. The Morgan fingerprint density at radius 2 is 1.88 bits per heavy atom. The van der Waals surface area contributed by atoms with E-state index in [1.165, 1.54) is 17.9 Å². The minimum atomic E-state index is -5.13. The highest BCUT2D eigenvalue weighted by atomic mass is 19.4. The quantitative estimate of drug-likeness (QED) is 0.568. The summed E-state index contributed by atoms with van der Waals surface area (Å²) in [4.78, 5) is 10.9. The molecule has 33 heavy (non-hydrogen) atoms. The molecule has 2 fully saturated rings. The molecule has 1 saturated carbocycles. The van der Waals surface area contributed by atoms with Crippen molar-refractivity contribution in [3.8, 4) is 17.0 Å². The summed E-state index contributed by atoms with van der Waals surface area (Å²) in [7, 11) is 1.51. The molecule has 176 valence electrons. The number of rotatable bonds is 2. The number of nitrogens with zero attached hydrogens (tertiary/aromatic N) is 5. The molecule has 0 bridgehead atoms. The van der Waals surface area contributed by atoms with Crippen molar-refractivity contribution in [3.63, 3.8) is 0 Å². The summed E-state index contributed by atoms with van der Waals surface area (Å²) < 4.78 is 75.5. The number of phenolic OH excluding ortho intramolecular Hbond substituents is 1. The minimum absolute atomic E-state index is 0.170. The number of aryl methyl sites for hydroxylation is 1. The fourth-order valence-electron chi connectivity index (χ4n) is 4.72. The highest BCUT2D eigenvalue weighted by Gasteiger charge is 2.40. The lowest BCUT2D eigenvalue weighted by Gasteiger charge is -2.40. The topological polar surface area (TPSA) is 76.3 Å². The lowest BCUT2D eigenvalue weighted by Crippen LogP contribution is -2.51. The lowest BCUT2D eigenvalue weighted by atomic mass is 10.00. The van der Waals surface area contributed by atoms with Crippen LogP contribution in [0.15, 0.2) is 12.3 Å². The van der Waals surface area contributed by atoms with E-state index in [0.717, 1.165) is 25.7 Å². The zero-order chi connectivity index (χ0) is 23.5. The molecule has 2 aromatic heterocycles. The van der Waals surface area contributed by atoms with E-state index >= 15 is 0 Å². The summed E-state index contributed by atoms with van der Waals surface area (Å²) in [5, 5.41) is 13.9. The van der Waals surface area contributed by atoms with E-state index in [2.05, 4.69) is 15.1 Å². The average molecular weight is 469 g/mol. The van der Waals surface area contributed by atoms with Gasteiger partial charge in [0.05, 0.1) is 23.2 Å². The molecule has 3 heterocycles. The molecule has 1 aliphatic heterocycles. The number of hydrogen-bond donors (Lipinski definition) is 1. The first-order chi connectivity index (χ1) is 15.6. The molecule has 12 heteroatoms. The first-order valence-corrected chi connectivity index (χ1v) is 10.5. The Balaban J connectivity index is 1.58. The van der Waals surface area contributed by atoms with E-state index in [9.17, 15) is 27.1 Å². The van der Waals surface area contributed by atoms with Crippen LogP contribution in [0.5, 0.6) is 5.75 Å². The van der Waals surface area contributed by atoms with Crippen LogP contribution in [0.1, 0.15) is 31.2 Å². The van der Waals surface area contributed by atoms with Gasteiger partial charge in [0.2, 0.25) is 5.95 Å². The highest BCUT2D eigenvalue weighted by Crippen LogP contribution is 2.42. The van der Waals surface area contributed by atoms with Crippen LogP contribution in [0.2, 0.25) is 0 Å². The number of aromatic nitrogens is 4. The van der Waals surface area contributed by atoms with Crippen molar-refractivity contribution in [3.05, 3.63) is 29.5 Å². The largest absolute Gasteiger partial charge is 0.503 e. The van der Waals surface area contributed by atoms with E-state index in [-0.39, 0.29) is 22.3 Å². The zero-order valence-electron chi connectivity index (χ0n) is 17.6. The first kappa shape index (κ1) is 21.8. The standard InChI is InChI=1S/C21H20F5N5O2/c1-30-18-12(9-27-19(28-18)31-6-7-33-20(10-31)4-2-3-5-20)16(29-30)11-8-13(21(24,25)26)15(23)17(32)14(11)22/h8-9,32H,2-7,10H2,1H3. The summed E-state index contributed by atoms with van der Waals surface area (Å²) >= 11 is 0. The molecule has 0 atom stereocenters. The molecule has 1 spiro atoms. The van der Waals surface area contributed by atoms with Crippen molar-refractivity contribution >= 4 is 17.0 Å². The van der Waals surface area contributed by atoms with Gasteiger partial charge in [-0.05, 0) is 18.9 Å². The van der Waals surface area contributed by atoms with Crippen LogP contribution < -0.4 is 4.90 Å². The predicted molar refractivity (Wildman–Crippen MR) is 108 cm³/mol. The third-order valence-electron chi connectivity index (χ3n) is 6.35. The molecule has 7 nitrogen and oxygen atoms in total. The normalized spacial score (nSPS) is 18.5. The van der Waals surface area contributed by atoms with Gasteiger partial charge >= 0.3 is 6.18 Å². The SMILES string of the molecule is Cn1nc(-c2cc(C(F)(F)F)c(F)c(O)c2F)c2cnc(N3CCOC4(CCCC4)C3)nc21. The molecule has 0 unspecified atom stereocenters. The van der Waals surface area contributed by atoms with E-state index in [0.29, 0.717) is 31.7 Å². The second-order valence-electron chi connectivity index (χ2n) is 8.49. The Kier molecular flexibility index (Phi) is 4.96. The van der Waals surface area contributed by atoms with Gasteiger partial charge in [0.15, 0.2) is 23.0 Å². The van der Waals surface area contributed by atoms with Crippen molar-refractivity contribution in [1.29, 1.82) is 0 Å². The second-order valence-corrected chi connectivity index (χ2v) is 8.49. The minimum Gasteiger partial charge on any atom is -0.503 e. The fraction of sp³-hybridized carbons (Fsp3) is 0.476. The van der Waals surface area contributed by atoms with E-state index in [4.69, 9.17) is 4.74 Å². The van der Waals surface area contributed by atoms with Crippen molar-refractivity contribution in [1.82, 2.24) is 19.7 Å². The first-order valence-electron chi connectivity index (χ1n) is 10.5. The summed E-state index contributed by atoms with van der Waals surface area (Å²) in [5.74, 6) is -4.92. The summed E-state index contributed by atoms with van der Waals surface area (Å²) in [6, 6.07) is 0.298. The lowest BCUT2D eigenvalue weighted by molar-refractivity contribution is -0.140. The summed E-state index contributed by atoms with van der Waals surface area (Å²) in [6.45, 7) is 1.73. The van der Waals surface area contributed by atoms with Crippen LogP contribution in [0.4, 0.5) is 27.9 Å². The Hall–Kier alpha value is -3.02. The van der Waals surface area contributed by atoms with Gasteiger partial charge < -0.3 is 14.7 Å². The van der Waals surface area contributed by atoms with Crippen LogP contribution in [-0.4, -0.2) is 50.2 Å². The highest BCUT2D eigenvalue weighted by molar-refractivity contribution is 5.91. The summed E-state index contributed by atoms with van der Waals surface area (Å²) in [6.07, 6.45) is 0.311. The number of ether oxygens (including phenoxy) is 1. The molecule has 0 radical (unpaired) electrons. The Labute approximate surface area is 184 Å². The summed E-state index contributed by atoms with van der Waals surface area (Å²) in [5.41, 5.74) is -2.68. The van der Waals surface area contributed by atoms with Gasteiger partial charge in [-0.1, -0.05) is 12.8 Å². The maximum absolute atomic E-state index is 14.6. The van der Waals surface area contributed by atoms with Gasteiger partial charge in [0, 0.05) is 31.9 Å². The molecule has 1 aromatic carbocycles. The average Bonchev–Trinajstić information content (AvgIpc) is 3.35. The maximum Gasteiger partial charge on any atom is 0.419 e. The van der Waals surface area contributed by atoms with E-state index < -0.39 is 34.7 Å². The molecule has 1 saturated heterocycles. The molecule has 1 aliphatic carbocycles. The van der Waals surface area contributed by atoms with Gasteiger partial charge in [-0.3, -0.25) is 0 Å². The molecule has 5 rings (SSSR count). The number of aromatic hydroxyl groups is 1. The second kappa shape index (κ2) is 7.51. The van der Waals surface area contributed by atoms with Crippen molar-refractivity contribution in [2.75, 3.05) is 24.6 Å². The zero-order valence-corrected chi connectivity index (χ0v) is 17.6. The third-order valence-corrected chi connectivity index (χ3v) is 6.35. The van der Waals surface area contributed by atoms with Crippen LogP contribution >= 0.6 is 0 Å². The number of anilines is 1. The molecule has 3 aromatic rings. The van der Waals surface area contributed by atoms with Crippen LogP contribution in [0.3, 0.4) is 0 Å². The van der Waals surface area contributed by atoms with Crippen molar-refractivity contribution < 1.29 is 31.8 Å². The fourth-order valence-corrected chi connectivity index (χ4v) is 4.72. The number of hydrogen-bond acceptors (Lipinski definition) is 6. The number of alkyl halides is 3. The number of fused-ring (bicyclic) bond motifs is 1. The van der Waals surface area contributed by atoms with E-state index in [1.807, 2.05) is 4.90 Å². The van der Waals surface area contributed by atoms with E-state index in [1.54, 1.807) is 0 Å². The van der Waals surface area contributed by atoms with Gasteiger partial charge in [0.1, 0.15) is 5.69 Å². The monoisotopic (exact) mass is 469 g/mol. The predicted octanol–water partition coefficient (Wildman–Crippen LogP) is 4.18. The number of morpholine rings is 1. The number of halogens is 5. The molecular formula is C21H20F5N5O2. The van der Waals surface area contributed by atoms with Crippen LogP contribution in [0, 0.1) is 11.6 Å². The van der Waals surface area contributed by atoms with Gasteiger partial charge in [-0.15, -0.1) is 0 Å². The van der Waals surface area contributed by atoms with Crippen LogP contribution in [0.25, 0.3) is 22.3 Å². The van der Waals surface area contributed by atoms with Gasteiger partial charge in [-0.25, -0.2) is 18.4 Å². The van der Waals surface area contributed by atoms with Crippen molar-refractivity contribution in [2.45, 2.75) is 37.5 Å². The third kappa shape index (κ3) is 3.56. The van der Waals surface area contributed by atoms with Gasteiger partial charge in [-0.2, -0.15) is 23.3 Å². The number of phenols is 1. The molecule has 0 amide bonds. The maximum atomic E-state index is 14.6. The molecule has 2 aliphatic rings. The van der Waals surface area contributed by atoms with Crippen molar-refractivity contribution in [2.24, 2.45) is 7.05 Å². The Morgan fingerprint density at radius 1 is 1.15 bits per heavy atom. The smallest absolute Gasteiger partial charge is 0.419 e. The Bertz CT molecular complexity index is 1240. The molecular weight excluding hydrogens is 449 g/mol. The van der Waals surface area contributed by atoms with Crippen LogP contribution in [-0.2, 0) is 18.0 Å².